The predicted octanol–water partition coefficient (Wildman–Crippen LogP) is 9.07. The van der Waals surface area contributed by atoms with Gasteiger partial charge in [0.15, 0.2) is 0 Å². The fourth-order valence-corrected chi connectivity index (χ4v) is 6.70. The first kappa shape index (κ1) is 28.4. The Labute approximate surface area is 256 Å². The van der Waals surface area contributed by atoms with Crippen LogP contribution in [-0.4, -0.2) is 23.2 Å². The molecule has 0 bridgehead atoms. The smallest absolute Gasteiger partial charge is 0 e. The number of rotatable bonds is 4. The molecule has 1 radical (unpaired) electrons. The maximum absolute atomic E-state index is 8.22. The summed E-state index contributed by atoms with van der Waals surface area (Å²) < 4.78 is 9.66. The molecule has 0 spiro atoms. The van der Waals surface area contributed by atoms with Crippen LogP contribution in [-0.2, 0) is 20.1 Å². The zero-order chi connectivity index (χ0) is 28.3. The monoisotopic (exact) mass is 762 g/mol. The van der Waals surface area contributed by atoms with Gasteiger partial charge in [0.1, 0.15) is 0 Å². The van der Waals surface area contributed by atoms with Crippen LogP contribution in [0.1, 0.15) is 26.7 Å². The minimum absolute atomic E-state index is 0. The Morgan fingerprint density at radius 1 is 0.725 bits per heavy atom. The van der Waals surface area contributed by atoms with Crippen LogP contribution in [0, 0.1) is 12.1 Å². The molecule has 203 valence electrons. The fourth-order valence-electron chi connectivity index (χ4n) is 4.53. The Balaban J connectivity index is 0.000000200. The van der Waals surface area contributed by atoms with E-state index in [4.69, 9.17) is 1.37 Å². The molecule has 0 aliphatic rings. The van der Waals surface area contributed by atoms with E-state index in [-0.39, 0.29) is 20.1 Å². The third kappa shape index (κ3) is 6.96. The molecular formula is C36H34GeIrN2-2. The molecule has 0 fully saturated rings. The zero-order valence-corrected chi connectivity index (χ0v) is 28.1. The van der Waals surface area contributed by atoms with Gasteiger partial charge in [-0.25, -0.2) is 0 Å². The van der Waals surface area contributed by atoms with Gasteiger partial charge in [0.25, 0.3) is 0 Å². The van der Waals surface area contributed by atoms with E-state index < -0.39 is 19.2 Å². The third-order valence-corrected chi connectivity index (χ3v) is 11.2. The largest absolute Gasteiger partial charge is 0 e. The summed E-state index contributed by atoms with van der Waals surface area (Å²) in [6.07, 6.45) is 3.82. The van der Waals surface area contributed by atoms with Crippen molar-refractivity contribution in [2.45, 2.75) is 37.0 Å². The minimum Gasteiger partial charge on any atom is 0 e. The molecule has 0 aliphatic carbocycles. The van der Waals surface area contributed by atoms with Gasteiger partial charge < -0.3 is 4.98 Å². The first-order chi connectivity index (χ1) is 19.1. The van der Waals surface area contributed by atoms with Crippen molar-refractivity contribution in [1.29, 1.82) is 0 Å². The molecule has 2 aromatic heterocycles. The van der Waals surface area contributed by atoms with Gasteiger partial charge in [-0.2, -0.15) is 0 Å². The van der Waals surface area contributed by atoms with Crippen molar-refractivity contribution in [1.82, 2.24) is 9.97 Å². The molecule has 40 heavy (non-hydrogen) atoms. The number of hydrogen-bond acceptors (Lipinski definition) is 2. The molecule has 0 saturated carbocycles. The SMILES string of the molecule is [2H]C(C)(C)c1ccnc(-c2[c-]cc3c(ccc4ccccc43)c2)c1.[CH3][Ge]([CH3])([CH3])[c]1ccc(-c2[c-]cccc2)nc1.[Ir]. The van der Waals surface area contributed by atoms with Crippen LogP contribution < -0.4 is 4.40 Å². The summed E-state index contributed by atoms with van der Waals surface area (Å²) in [6, 6.07) is 39.6. The Morgan fingerprint density at radius 2 is 1.50 bits per heavy atom. The first-order valence-electron chi connectivity index (χ1n) is 13.8. The third-order valence-electron chi connectivity index (χ3n) is 6.90. The Hall–Kier alpha value is -3.11. The van der Waals surface area contributed by atoms with Crippen molar-refractivity contribution < 1.29 is 21.5 Å². The second-order valence-corrected chi connectivity index (χ2v) is 21.7. The molecule has 6 aromatic rings. The number of nitrogens with zero attached hydrogens (tertiary/aromatic N) is 2. The molecule has 4 heteroatoms. The number of fused-ring (bicyclic) bond motifs is 3. The predicted molar refractivity (Wildman–Crippen MR) is 169 cm³/mol. The summed E-state index contributed by atoms with van der Waals surface area (Å²) in [4.78, 5) is 9.01. The molecule has 0 unspecified atom stereocenters. The molecule has 0 atom stereocenters. The first-order valence-corrected chi connectivity index (χ1v) is 20.7. The second-order valence-electron chi connectivity index (χ2n) is 11.0. The summed E-state index contributed by atoms with van der Waals surface area (Å²) in [7, 11) is 0. The van der Waals surface area contributed by atoms with E-state index in [9.17, 15) is 0 Å². The van der Waals surface area contributed by atoms with E-state index in [1.54, 1.807) is 6.20 Å². The van der Waals surface area contributed by atoms with Gasteiger partial charge in [0.05, 0.1) is 0 Å². The quantitative estimate of drug-likeness (QED) is 0.102. The molecule has 0 N–H and O–H groups in total. The van der Waals surface area contributed by atoms with Gasteiger partial charge in [-0.1, -0.05) is 72.6 Å². The number of aromatic nitrogens is 2. The molecule has 0 amide bonds. The topological polar surface area (TPSA) is 25.8 Å². The standard InChI is InChI=1S/C22H18N.C14H16GeN.Ir/c1-15(2)17-11-12-23-22(14-17)19-9-10-21-18(13-19)8-7-16-5-3-4-6-20(16)21;1-15(2,3)13-9-10-14(16-11-13)12-7-5-4-6-8-12;/h3-8,10-15H,1-2H3;4-7,9-11H,1-3H3;/q2*-1;/i15D;;. The van der Waals surface area contributed by atoms with Crippen LogP contribution in [0.2, 0.25) is 17.3 Å². The van der Waals surface area contributed by atoms with Crippen LogP contribution in [0.5, 0.6) is 0 Å². The summed E-state index contributed by atoms with van der Waals surface area (Å²) in [5.41, 5.74) is 4.86. The van der Waals surface area contributed by atoms with Crippen molar-refractivity contribution in [3.63, 3.8) is 0 Å². The van der Waals surface area contributed by atoms with Gasteiger partial charge >= 0.3 is 99.8 Å². The van der Waals surface area contributed by atoms with E-state index in [1.807, 2.05) is 62.5 Å². The van der Waals surface area contributed by atoms with Gasteiger partial charge in [0.2, 0.25) is 0 Å². The van der Waals surface area contributed by atoms with Crippen LogP contribution in [0.25, 0.3) is 44.1 Å². The summed E-state index contributed by atoms with van der Waals surface area (Å²) >= 11 is -1.72. The molecule has 4 aromatic carbocycles. The summed E-state index contributed by atoms with van der Waals surface area (Å²) in [5.74, 6) is 6.51. The maximum Gasteiger partial charge on any atom is 0 e. The fraction of sp³-hybridized carbons (Fsp3) is 0.167. The van der Waals surface area contributed by atoms with Crippen LogP contribution in [0.4, 0.5) is 0 Å². The second kappa shape index (κ2) is 13.0. The van der Waals surface area contributed by atoms with E-state index in [0.29, 0.717) is 0 Å². The van der Waals surface area contributed by atoms with Crippen molar-refractivity contribution in [3.8, 4) is 22.5 Å². The average molecular weight is 761 g/mol. The van der Waals surface area contributed by atoms with Crippen LogP contribution in [0.15, 0.2) is 109 Å². The van der Waals surface area contributed by atoms with E-state index in [0.717, 1.165) is 28.1 Å². The van der Waals surface area contributed by atoms with Crippen molar-refractivity contribution in [3.05, 3.63) is 127 Å². The number of benzene rings is 4. The zero-order valence-electron chi connectivity index (χ0n) is 24.6. The molecule has 0 aliphatic heterocycles. The molecule has 2 heterocycles. The Kier molecular flexibility index (Phi) is 9.26. The van der Waals surface area contributed by atoms with E-state index in [1.165, 1.54) is 25.9 Å². The van der Waals surface area contributed by atoms with Gasteiger partial charge in [-0.15, -0.1) is 29.1 Å². The van der Waals surface area contributed by atoms with Crippen molar-refractivity contribution >= 4 is 39.2 Å². The average Bonchev–Trinajstić information content (AvgIpc) is 2.97. The van der Waals surface area contributed by atoms with Crippen molar-refractivity contribution in [2.75, 3.05) is 0 Å². The van der Waals surface area contributed by atoms with Gasteiger partial charge in [0, 0.05) is 27.7 Å². The van der Waals surface area contributed by atoms with Crippen molar-refractivity contribution in [2.24, 2.45) is 0 Å². The summed E-state index contributed by atoms with van der Waals surface area (Å²) in [5, 5.41) is 4.86. The molecular weight excluding hydrogens is 725 g/mol. The summed E-state index contributed by atoms with van der Waals surface area (Å²) in [6.45, 7) is 3.78. The maximum atomic E-state index is 8.22. The molecule has 2 nitrogen and oxygen atoms in total. The van der Waals surface area contributed by atoms with Crippen LogP contribution >= 0.6 is 0 Å². The Bertz CT molecular complexity index is 1760. The number of hydrogen-bond donors (Lipinski definition) is 0. The van der Waals surface area contributed by atoms with Gasteiger partial charge in [-0.05, 0) is 23.0 Å². The molecule has 0 saturated heterocycles. The Morgan fingerprint density at radius 3 is 2.20 bits per heavy atom. The van der Waals surface area contributed by atoms with Gasteiger partial charge in [-0.3, -0.25) is 0 Å². The van der Waals surface area contributed by atoms with E-state index >= 15 is 0 Å². The normalized spacial score (nSPS) is 11.8. The van der Waals surface area contributed by atoms with Crippen LogP contribution in [0.3, 0.4) is 0 Å². The molecule has 6 rings (SSSR count). The van der Waals surface area contributed by atoms with E-state index in [2.05, 4.69) is 94.0 Å². The minimum atomic E-state index is -1.72. The number of pyridine rings is 2.